The zero-order valence-electron chi connectivity index (χ0n) is 14.7. The minimum Gasteiger partial charge on any atom is -0.481 e. The fraction of sp³-hybridized carbons (Fsp3) is 0.368. The van der Waals surface area contributed by atoms with Gasteiger partial charge in [0.15, 0.2) is 0 Å². The predicted octanol–water partition coefficient (Wildman–Crippen LogP) is 3.50. The van der Waals surface area contributed by atoms with E-state index >= 15 is 0 Å². The molecule has 0 unspecified atom stereocenters. The summed E-state index contributed by atoms with van der Waals surface area (Å²) in [6.07, 6.45) is 3.25. The van der Waals surface area contributed by atoms with Crippen molar-refractivity contribution in [3.63, 3.8) is 0 Å². The van der Waals surface area contributed by atoms with Crippen molar-refractivity contribution in [1.29, 1.82) is 0 Å². The van der Waals surface area contributed by atoms with Gasteiger partial charge in [-0.15, -0.1) is 0 Å². The lowest BCUT2D eigenvalue weighted by atomic mass is 10.1. The number of nitrogens with zero attached hydrogens (tertiary/aromatic N) is 3. The average Bonchev–Trinajstić information content (AvgIpc) is 2.67. The van der Waals surface area contributed by atoms with Crippen LogP contribution in [0.5, 0.6) is 5.75 Å². The predicted molar refractivity (Wildman–Crippen MR) is 96.2 cm³/mol. The SMILES string of the molecule is Cc1ccc(OCc2cccc(C(=O)N3CCCCC3)c2)c([N+](=O)[O-])n1. The van der Waals surface area contributed by atoms with Gasteiger partial charge in [0.05, 0.1) is 0 Å². The highest BCUT2D eigenvalue weighted by Gasteiger charge is 2.19. The summed E-state index contributed by atoms with van der Waals surface area (Å²) in [4.78, 5) is 28.9. The quantitative estimate of drug-likeness (QED) is 0.605. The third kappa shape index (κ3) is 4.17. The lowest BCUT2D eigenvalue weighted by Gasteiger charge is -2.26. The lowest BCUT2D eigenvalue weighted by Crippen LogP contribution is -2.35. The second-order valence-corrected chi connectivity index (χ2v) is 6.37. The summed E-state index contributed by atoms with van der Waals surface area (Å²) in [5.41, 5.74) is 1.95. The molecule has 2 aromatic rings. The largest absolute Gasteiger partial charge is 0.481 e. The van der Waals surface area contributed by atoms with Gasteiger partial charge in [-0.3, -0.25) is 4.79 Å². The molecule has 1 fully saturated rings. The number of ether oxygens (including phenoxy) is 1. The number of likely N-dealkylation sites (tertiary alicyclic amines) is 1. The number of amides is 1. The van der Waals surface area contributed by atoms with Crippen LogP contribution >= 0.6 is 0 Å². The van der Waals surface area contributed by atoms with Crippen molar-refractivity contribution < 1.29 is 14.5 Å². The van der Waals surface area contributed by atoms with Crippen LogP contribution in [0.4, 0.5) is 5.82 Å². The average molecular weight is 355 g/mol. The van der Waals surface area contributed by atoms with E-state index in [2.05, 4.69) is 4.98 Å². The van der Waals surface area contributed by atoms with Gasteiger partial charge >= 0.3 is 5.82 Å². The molecule has 0 saturated carbocycles. The summed E-state index contributed by atoms with van der Waals surface area (Å²) in [6, 6.07) is 10.4. The number of hydrogen-bond donors (Lipinski definition) is 0. The first-order valence-corrected chi connectivity index (χ1v) is 8.67. The minimum absolute atomic E-state index is 0.0227. The van der Waals surface area contributed by atoms with Crippen molar-refractivity contribution >= 4 is 11.7 Å². The van der Waals surface area contributed by atoms with E-state index in [0.717, 1.165) is 31.5 Å². The van der Waals surface area contributed by atoms with Crippen LogP contribution in [0.1, 0.15) is 40.9 Å². The molecular weight excluding hydrogens is 334 g/mol. The Hall–Kier alpha value is -2.96. The van der Waals surface area contributed by atoms with Gasteiger partial charge < -0.3 is 19.8 Å². The van der Waals surface area contributed by atoms with Gasteiger partial charge in [-0.1, -0.05) is 12.1 Å². The number of piperidine rings is 1. The van der Waals surface area contributed by atoms with E-state index in [1.54, 1.807) is 37.3 Å². The number of nitro groups is 1. The molecule has 2 heterocycles. The molecular formula is C19H21N3O4. The molecule has 7 nitrogen and oxygen atoms in total. The van der Waals surface area contributed by atoms with Crippen LogP contribution in [0.25, 0.3) is 0 Å². The van der Waals surface area contributed by atoms with E-state index in [-0.39, 0.29) is 24.1 Å². The van der Waals surface area contributed by atoms with Crippen LogP contribution in [0.2, 0.25) is 0 Å². The Morgan fingerprint density at radius 3 is 2.73 bits per heavy atom. The van der Waals surface area contributed by atoms with Gasteiger partial charge in [0.2, 0.25) is 5.75 Å². The smallest absolute Gasteiger partial charge is 0.406 e. The molecule has 1 aromatic carbocycles. The van der Waals surface area contributed by atoms with Crippen LogP contribution in [-0.2, 0) is 6.61 Å². The van der Waals surface area contributed by atoms with Crippen molar-refractivity contribution in [3.05, 3.63) is 63.3 Å². The standard InChI is InChI=1S/C19H21N3O4/c1-14-8-9-17(18(20-14)22(24)25)26-13-15-6-5-7-16(12-15)19(23)21-10-3-2-4-11-21/h5-9,12H,2-4,10-11,13H2,1H3. The number of aromatic nitrogens is 1. The van der Waals surface area contributed by atoms with Crippen molar-refractivity contribution in [3.8, 4) is 5.75 Å². The third-order valence-corrected chi connectivity index (χ3v) is 4.36. The summed E-state index contributed by atoms with van der Waals surface area (Å²) in [6.45, 7) is 3.40. The highest BCUT2D eigenvalue weighted by atomic mass is 16.6. The topological polar surface area (TPSA) is 85.6 Å². The molecule has 1 amide bonds. The van der Waals surface area contributed by atoms with E-state index < -0.39 is 4.92 Å². The second kappa shape index (κ2) is 7.95. The summed E-state index contributed by atoms with van der Waals surface area (Å²) in [7, 11) is 0. The molecule has 0 N–H and O–H groups in total. The highest BCUT2D eigenvalue weighted by Crippen LogP contribution is 2.25. The van der Waals surface area contributed by atoms with Crippen LogP contribution in [0.15, 0.2) is 36.4 Å². The van der Waals surface area contributed by atoms with Gasteiger partial charge in [0.25, 0.3) is 5.91 Å². The van der Waals surface area contributed by atoms with Crippen LogP contribution in [-0.4, -0.2) is 33.8 Å². The van der Waals surface area contributed by atoms with Gasteiger partial charge in [0.1, 0.15) is 12.3 Å². The summed E-state index contributed by atoms with van der Waals surface area (Å²) < 4.78 is 5.59. The first-order chi connectivity index (χ1) is 12.5. The Bertz CT molecular complexity index is 816. The van der Waals surface area contributed by atoms with E-state index in [1.165, 1.54) is 6.42 Å². The molecule has 136 valence electrons. The number of benzene rings is 1. The Kier molecular flexibility index (Phi) is 5.46. The molecule has 3 rings (SSSR count). The maximum Gasteiger partial charge on any atom is 0.406 e. The molecule has 0 aliphatic carbocycles. The second-order valence-electron chi connectivity index (χ2n) is 6.37. The maximum absolute atomic E-state index is 12.6. The Morgan fingerprint density at radius 2 is 2.00 bits per heavy atom. The molecule has 26 heavy (non-hydrogen) atoms. The van der Waals surface area contributed by atoms with Crippen LogP contribution < -0.4 is 4.74 Å². The number of carbonyl (C=O) groups is 1. The number of aryl methyl sites for hydroxylation is 1. The number of pyridine rings is 1. The zero-order valence-corrected chi connectivity index (χ0v) is 14.7. The number of carbonyl (C=O) groups excluding carboxylic acids is 1. The normalized spacial score (nSPS) is 14.1. The maximum atomic E-state index is 12.6. The lowest BCUT2D eigenvalue weighted by molar-refractivity contribution is -0.390. The van der Waals surface area contributed by atoms with E-state index in [1.807, 2.05) is 11.0 Å². The van der Waals surface area contributed by atoms with Gasteiger partial charge in [0, 0.05) is 25.6 Å². The first kappa shape index (κ1) is 17.8. The highest BCUT2D eigenvalue weighted by molar-refractivity contribution is 5.94. The molecule has 1 saturated heterocycles. The third-order valence-electron chi connectivity index (χ3n) is 4.36. The monoisotopic (exact) mass is 355 g/mol. The zero-order chi connectivity index (χ0) is 18.5. The molecule has 0 atom stereocenters. The summed E-state index contributed by atoms with van der Waals surface area (Å²) in [5.74, 6) is -0.159. The Morgan fingerprint density at radius 1 is 1.23 bits per heavy atom. The molecule has 0 bridgehead atoms. The van der Waals surface area contributed by atoms with Crippen molar-refractivity contribution in [2.45, 2.75) is 32.8 Å². The molecule has 1 aliphatic rings. The van der Waals surface area contributed by atoms with E-state index in [0.29, 0.717) is 11.3 Å². The Balaban J connectivity index is 1.71. The summed E-state index contributed by atoms with van der Waals surface area (Å²) in [5, 5.41) is 11.1. The van der Waals surface area contributed by atoms with Gasteiger partial charge in [-0.05, 0) is 59.0 Å². The van der Waals surface area contributed by atoms with Gasteiger partial charge in [-0.25, -0.2) is 0 Å². The molecule has 0 spiro atoms. The van der Waals surface area contributed by atoms with Crippen LogP contribution in [0, 0.1) is 17.0 Å². The molecule has 7 heteroatoms. The fourth-order valence-corrected chi connectivity index (χ4v) is 3.01. The molecule has 1 aromatic heterocycles. The molecule has 0 radical (unpaired) electrons. The summed E-state index contributed by atoms with van der Waals surface area (Å²) >= 11 is 0. The number of rotatable bonds is 5. The van der Waals surface area contributed by atoms with E-state index in [4.69, 9.17) is 4.74 Å². The van der Waals surface area contributed by atoms with Crippen molar-refractivity contribution in [2.24, 2.45) is 0 Å². The van der Waals surface area contributed by atoms with Gasteiger partial charge in [-0.2, -0.15) is 0 Å². The fourth-order valence-electron chi connectivity index (χ4n) is 3.01. The first-order valence-electron chi connectivity index (χ1n) is 8.67. The van der Waals surface area contributed by atoms with Crippen LogP contribution in [0.3, 0.4) is 0 Å². The number of hydrogen-bond acceptors (Lipinski definition) is 5. The van der Waals surface area contributed by atoms with Crippen molar-refractivity contribution in [2.75, 3.05) is 13.1 Å². The molecule has 1 aliphatic heterocycles. The Labute approximate surface area is 151 Å². The van der Waals surface area contributed by atoms with Crippen molar-refractivity contribution in [1.82, 2.24) is 9.88 Å². The minimum atomic E-state index is -0.557. The van der Waals surface area contributed by atoms with E-state index in [9.17, 15) is 14.9 Å².